The second-order valence-corrected chi connectivity index (χ2v) is 7.68. The van der Waals surface area contributed by atoms with Gasteiger partial charge in [0.15, 0.2) is 0 Å². The minimum Gasteiger partial charge on any atom is -0.341 e. The first kappa shape index (κ1) is 18.9. The lowest BCUT2D eigenvalue weighted by Crippen LogP contribution is -2.45. The lowest BCUT2D eigenvalue weighted by Gasteiger charge is -2.32. The van der Waals surface area contributed by atoms with Crippen LogP contribution in [0.1, 0.15) is 25.3 Å². The molecule has 132 valence electrons. The third-order valence-corrected chi connectivity index (χ3v) is 4.78. The number of nitrogens with one attached hydrogen (secondary N) is 1. The largest absolute Gasteiger partial charge is 0.341 e. The van der Waals surface area contributed by atoms with Gasteiger partial charge in [-0.1, -0.05) is 22.9 Å². The second kappa shape index (κ2) is 8.62. The van der Waals surface area contributed by atoms with E-state index in [9.17, 15) is 9.59 Å². The summed E-state index contributed by atoms with van der Waals surface area (Å²) >= 11 is 3.41. The van der Waals surface area contributed by atoms with Gasteiger partial charge in [0.05, 0.1) is 13.1 Å². The molecular formula is C18H26BrN3O2. The Bertz CT molecular complexity index is 606. The van der Waals surface area contributed by atoms with Gasteiger partial charge in [-0.2, -0.15) is 0 Å². The molecule has 2 rings (SSSR count). The SMILES string of the molecule is Cc1cc(Br)ccc1NC(=O)CN(C)CC(=O)N1CCC[C@H](C)C1. The highest BCUT2D eigenvalue weighted by molar-refractivity contribution is 9.10. The summed E-state index contributed by atoms with van der Waals surface area (Å²) in [6.45, 7) is 6.27. The topological polar surface area (TPSA) is 52.7 Å². The van der Waals surface area contributed by atoms with Crippen LogP contribution in [0.4, 0.5) is 5.69 Å². The van der Waals surface area contributed by atoms with Crippen LogP contribution in [0, 0.1) is 12.8 Å². The van der Waals surface area contributed by atoms with Gasteiger partial charge in [-0.05, 0) is 56.5 Å². The number of likely N-dealkylation sites (N-methyl/N-ethyl adjacent to an activating group) is 1. The fourth-order valence-corrected chi connectivity index (χ4v) is 3.48. The molecule has 1 aliphatic heterocycles. The van der Waals surface area contributed by atoms with E-state index in [-0.39, 0.29) is 24.9 Å². The third kappa shape index (κ3) is 5.60. The van der Waals surface area contributed by atoms with Crippen molar-refractivity contribution in [2.24, 2.45) is 5.92 Å². The minimum atomic E-state index is -0.109. The lowest BCUT2D eigenvalue weighted by molar-refractivity contribution is -0.134. The average molecular weight is 396 g/mol. The number of piperidine rings is 1. The van der Waals surface area contributed by atoms with Crippen molar-refractivity contribution in [2.45, 2.75) is 26.7 Å². The monoisotopic (exact) mass is 395 g/mol. The molecule has 1 aromatic rings. The number of likely N-dealkylation sites (tertiary alicyclic amines) is 1. The van der Waals surface area contributed by atoms with Gasteiger partial charge in [-0.3, -0.25) is 14.5 Å². The summed E-state index contributed by atoms with van der Waals surface area (Å²) in [6, 6.07) is 5.73. The molecule has 1 aliphatic rings. The van der Waals surface area contributed by atoms with E-state index < -0.39 is 0 Å². The number of anilines is 1. The zero-order chi connectivity index (χ0) is 17.7. The Labute approximate surface area is 152 Å². The normalized spacial score (nSPS) is 17.9. The average Bonchev–Trinajstić information content (AvgIpc) is 2.50. The molecule has 1 atom stereocenters. The molecule has 0 spiro atoms. The van der Waals surface area contributed by atoms with Gasteiger partial charge < -0.3 is 10.2 Å². The van der Waals surface area contributed by atoms with Gasteiger partial charge in [0, 0.05) is 23.2 Å². The molecule has 0 bridgehead atoms. The van der Waals surface area contributed by atoms with Crippen LogP contribution in [0.5, 0.6) is 0 Å². The van der Waals surface area contributed by atoms with E-state index in [4.69, 9.17) is 0 Å². The first-order valence-corrected chi connectivity index (χ1v) is 9.16. The Morgan fingerprint density at radius 1 is 1.38 bits per heavy atom. The van der Waals surface area contributed by atoms with E-state index in [2.05, 4.69) is 28.2 Å². The van der Waals surface area contributed by atoms with E-state index in [1.54, 1.807) is 11.9 Å². The molecule has 0 saturated carbocycles. The Morgan fingerprint density at radius 2 is 2.12 bits per heavy atom. The van der Waals surface area contributed by atoms with Gasteiger partial charge in [0.25, 0.3) is 0 Å². The van der Waals surface area contributed by atoms with Crippen molar-refractivity contribution in [3.63, 3.8) is 0 Å². The molecule has 2 amide bonds. The molecule has 5 nitrogen and oxygen atoms in total. The van der Waals surface area contributed by atoms with Gasteiger partial charge in [0.1, 0.15) is 0 Å². The number of nitrogens with zero attached hydrogens (tertiary/aromatic N) is 2. The summed E-state index contributed by atoms with van der Waals surface area (Å²) in [5.41, 5.74) is 1.80. The number of benzene rings is 1. The van der Waals surface area contributed by atoms with Crippen molar-refractivity contribution in [3.8, 4) is 0 Å². The maximum Gasteiger partial charge on any atom is 0.238 e. The van der Waals surface area contributed by atoms with Crippen LogP contribution < -0.4 is 5.32 Å². The fourth-order valence-electron chi connectivity index (χ4n) is 3.00. The maximum atomic E-state index is 12.3. The summed E-state index contributed by atoms with van der Waals surface area (Å²) in [7, 11) is 1.80. The molecule has 1 N–H and O–H groups in total. The fraction of sp³-hybridized carbons (Fsp3) is 0.556. The maximum absolute atomic E-state index is 12.3. The molecule has 1 fully saturated rings. The van der Waals surface area contributed by atoms with Crippen LogP contribution >= 0.6 is 15.9 Å². The Hall–Kier alpha value is -1.40. The number of halogens is 1. The molecule has 0 aromatic heterocycles. The number of carbonyl (C=O) groups excluding carboxylic acids is 2. The first-order chi connectivity index (χ1) is 11.3. The molecule has 0 aliphatic carbocycles. The van der Waals surface area contributed by atoms with Crippen molar-refractivity contribution in [1.82, 2.24) is 9.80 Å². The van der Waals surface area contributed by atoms with E-state index in [1.807, 2.05) is 30.0 Å². The molecular weight excluding hydrogens is 370 g/mol. The van der Waals surface area contributed by atoms with Gasteiger partial charge in [-0.15, -0.1) is 0 Å². The number of hydrogen-bond acceptors (Lipinski definition) is 3. The van der Waals surface area contributed by atoms with Crippen LogP contribution in [-0.2, 0) is 9.59 Å². The molecule has 0 radical (unpaired) electrons. The minimum absolute atomic E-state index is 0.108. The zero-order valence-electron chi connectivity index (χ0n) is 14.6. The Morgan fingerprint density at radius 3 is 2.79 bits per heavy atom. The molecule has 24 heavy (non-hydrogen) atoms. The third-order valence-electron chi connectivity index (χ3n) is 4.29. The molecule has 0 unspecified atom stereocenters. The number of amides is 2. The van der Waals surface area contributed by atoms with Crippen LogP contribution in [-0.4, -0.2) is 54.8 Å². The van der Waals surface area contributed by atoms with E-state index in [1.165, 1.54) is 6.42 Å². The smallest absolute Gasteiger partial charge is 0.238 e. The van der Waals surface area contributed by atoms with Crippen LogP contribution in [0.25, 0.3) is 0 Å². The summed E-state index contributed by atoms with van der Waals surface area (Å²) in [5, 5.41) is 2.90. The number of carbonyl (C=O) groups is 2. The summed E-state index contributed by atoms with van der Waals surface area (Å²) in [5.74, 6) is 0.566. The lowest BCUT2D eigenvalue weighted by atomic mass is 10.0. The molecule has 1 heterocycles. The highest BCUT2D eigenvalue weighted by Crippen LogP contribution is 2.20. The van der Waals surface area contributed by atoms with Crippen molar-refractivity contribution < 1.29 is 9.59 Å². The molecule has 1 saturated heterocycles. The highest BCUT2D eigenvalue weighted by Gasteiger charge is 2.22. The van der Waals surface area contributed by atoms with Crippen molar-refractivity contribution >= 4 is 33.4 Å². The highest BCUT2D eigenvalue weighted by atomic mass is 79.9. The number of aryl methyl sites for hydroxylation is 1. The second-order valence-electron chi connectivity index (χ2n) is 6.77. The standard InChI is InChI=1S/C18H26BrN3O2/c1-13-5-4-8-22(10-13)18(24)12-21(3)11-17(23)20-16-7-6-15(19)9-14(16)2/h6-7,9,13H,4-5,8,10-12H2,1-3H3,(H,20,23)/t13-/m0/s1. The van der Waals surface area contributed by atoms with Crippen LogP contribution in [0.3, 0.4) is 0 Å². The van der Waals surface area contributed by atoms with Crippen molar-refractivity contribution in [2.75, 3.05) is 38.5 Å². The van der Waals surface area contributed by atoms with E-state index in [0.29, 0.717) is 5.92 Å². The van der Waals surface area contributed by atoms with Crippen LogP contribution in [0.15, 0.2) is 22.7 Å². The Balaban J connectivity index is 1.81. The van der Waals surface area contributed by atoms with Gasteiger partial charge in [-0.25, -0.2) is 0 Å². The Kier molecular flexibility index (Phi) is 6.80. The van der Waals surface area contributed by atoms with E-state index in [0.717, 1.165) is 35.2 Å². The quantitative estimate of drug-likeness (QED) is 0.833. The zero-order valence-corrected chi connectivity index (χ0v) is 16.2. The number of rotatable bonds is 5. The van der Waals surface area contributed by atoms with Crippen molar-refractivity contribution in [1.29, 1.82) is 0 Å². The van der Waals surface area contributed by atoms with Gasteiger partial charge in [0.2, 0.25) is 11.8 Å². The first-order valence-electron chi connectivity index (χ1n) is 8.37. The molecule has 6 heteroatoms. The van der Waals surface area contributed by atoms with E-state index >= 15 is 0 Å². The summed E-state index contributed by atoms with van der Waals surface area (Å²) < 4.78 is 0.983. The number of hydrogen-bond donors (Lipinski definition) is 1. The molecule has 1 aromatic carbocycles. The van der Waals surface area contributed by atoms with Crippen LogP contribution in [0.2, 0.25) is 0 Å². The predicted molar refractivity (Wildman–Crippen MR) is 100.0 cm³/mol. The predicted octanol–water partition coefficient (Wildman–Crippen LogP) is 2.89. The summed E-state index contributed by atoms with van der Waals surface area (Å²) in [6.07, 6.45) is 2.26. The summed E-state index contributed by atoms with van der Waals surface area (Å²) in [4.78, 5) is 28.2. The van der Waals surface area contributed by atoms with Crippen molar-refractivity contribution in [3.05, 3.63) is 28.2 Å². The van der Waals surface area contributed by atoms with Gasteiger partial charge >= 0.3 is 0 Å².